The molecule has 0 aliphatic rings. The Morgan fingerprint density at radius 3 is 2.39 bits per heavy atom. The van der Waals surface area contributed by atoms with Crippen LogP contribution in [0, 0.1) is 19.8 Å². The average Bonchev–Trinajstić information content (AvgIpc) is 3.30. The zero-order valence-electron chi connectivity index (χ0n) is 22.5. The molecule has 2 heterocycles. The minimum Gasteiger partial charge on any atom is -0.322 e. The molecule has 2 aromatic carbocycles. The number of hydrogen-bond donors (Lipinski definition) is 1. The number of tetrazole rings is 1. The molecule has 7 nitrogen and oxygen atoms in total. The third kappa shape index (κ3) is 5.57. The number of rotatable bonds is 8. The third-order valence-corrected chi connectivity index (χ3v) is 6.86. The van der Waals surface area contributed by atoms with Crippen LogP contribution in [-0.4, -0.2) is 36.6 Å². The summed E-state index contributed by atoms with van der Waals surface area (Å²) in [6.07, 6.45) is 0.866. The van der Waals surface area contributed by atoms with Crippen molar-refractivity contribution in [1.82, 2.24) is 30.1 Å². The summed E-state index contributed by atoms with van der Waals surface area (Å²) >= 11 is 0. The smallest absolute Gasteiger partial charge is 0.252 e. The van der Waals surface area contributed by atoms with E-state index in [1.807, 2.05) is 16.8 Å². The molecule has 2 aromatic heterocycles. The fourth-order valence-corrected chi connectivity index (χ4v) is 4.83. The number of H-pyrrole nitrogens is 1. The zero-order chi connectivity index (χ0) is 26.0. The molecule has 1 atom stereocenters. The second-order valence-electron chi connectivity index (χ2n) is 11.2. The molecule has 0 unspecified atom stereocenters. The van der Waals surface area contributed by atoms with E-state index in [0.717, 1.165) is 35.3 Å². The SMILES string of the molecule is Cc1cc2cc(CN(CCc3ccccc3)[C@@H](c3nnnn3C(C)(C)C)C(C)C)c(=O)[nH]c2cc1C. The van der Waals surface area contributed by atoms with Gasteiger partial charge in [0.2, 0.25) is 0 Å². The van der Waals surface area contributed by atoms with Crippen LogP contribution in [0.15, 0.2) is 53.3 Å². The van der Waals surface area contributed by atoms with E-state index in [4.69, 9.17) is 0 Å². The molecule has 0 fully saturated rings. The van der Waals surface area contributed by atoms with Gasteiger partial charge in [-0.05, 0) is 97.7 Å². The molecule has 36 heavy (non-hydrogen) atoms. The van der Waals surface area contributed by atoms with E-state index < -0.39 is 0 Å². The largest absolute Gasteiger partial charge is 0.322 e. The Morgan fingerprint density at radius 1 is 1.03 bits per heavy atom. The molecule has 0 radical (unpaired) electrons. The fourth-order valence-electron chi connectivity index (χ4n) is 4.83. The minimum absolute atomic E-state index is 0.0478. The van der Waals surface area contributed by atoms with Crippen molar-refractivity contribution in [3.63, 3.8) is 0 Å². The van der Waals surface area contributed by atoms with Gasteiger partial charge in [0.25, 0.3) is 5.56 Å². The lowest BCUT2D eigenvalue weighted by molar-refractivity contribution is 0.129. The lowest BCUT2D eigenvalue weighted by Crippen LogP contribution is -2.39. The molecule has 0 bridgehead atoms. The monoisotopic (exact) mass is 486 g/mol. The number of hydrogen-bond acceptors (Lipinski definition) is 5. The number of aryl methyl sites for hydroxylation is 2. The molecule has 4 aromatic rings. The summed E-state index contributed by atoms with van der Waals surface area (Å²) in [7, 11) is 0. The van der Waals surface area contributed by atoms with E-state index in [2.05, 4.69) is 110 Å². The normalized spacial score (nSPS) is 13.1. The lowest BCUT2D eigenvalue weighted by Gasteiger charge is -2.35. The molecule has 190 valence electrons. The van der Waals surface area contributed by atoms with Crippen LogP contribution in [0.5, 0.6) is 0 Å². The Bertz CT molecular complexity index is 1380. The Morgan fingerprint density at radius 2 is 1.72 bits per heavy atom. The summed E-state index contributed by atoms with van der Waals surface area (Å²) in [5, 5.41) is 13.9. The molecule has 0 aliphatic heterocycles. The summed E-state index contributed by atoms with van der Waals surface area (Å²) in [4.78, 5) is 18.7. The molecule has 0 saturated heterocycles. The maximum atomic E-state index is 13.2. The second kappa shape index (κ2) is 10.3. The first kappa shape index (κ1) is 25.8. The molecular formula is C29H38N6O. The van der Waals surface area contributed by atoms with Crippen LogP contribution in [0.3, 0.4) is 0 Å². The highest BCUT2D eigenvalue weighted by Gasteiger charge is 2.32. The highest BCUT2D eigenvalue weighted by atomic mass is 16.1. The van der Waals surface area contributed by atoms with Crippen LogP contribution in [0.4, 0.5) is 0 Å². The predicted octanol–water partition coefficient (Wildman–Crippen LogP) is 5.33. The number of pyridine rings is 1. The van der Waals surface area contributed by atoms with Crippen molar-refractivity contribution in [2.75, 3.05) is 6.54 Å². The second-order valence-corrected chi connectivity index (χ2v) is 11.2. The Balaban J connectivity index is 1.76. The first-order chi connectivity index (χ1) is 17.0. The van der Waals surface area contributed by atoms with Crippen LogP contribution in [0.25, 0.3) is 10.9 Å². The highest BCUT2D eigenvalue weighted by molar-refractivity contribution is 5.80. The van der Waals surface area contributed by atoms with Crippen molar-refractivity contribution >= 4 is 10.9 Å². The van der Waals surface area contributed by atoms with Gasteiger partial charge in [0.05, 0.1) is 11.6 Å². The summed E-state index contributed by atoms with van der Waals surface area (Å²) in [6.45, 7) is 16.2. The van der Waals surface area contributed by atoms with Gasteiger partial charge in [0.1, 0.15) is 0 Å². The lowest BCUT2D eigenvalue weighted by atomic mass is 9.98. The standard InChI is InChI=1S/C29H38N6O/c1-19(2)26(27-31-32-33-35(27)29(5,6)7)34(14-13-22-11-9-8-10-12-22)18-24-17-23-15-20(3)21(4)16-25(23)30-28(24)36/h8-12,15-17,19,26H,13-14,18H2,1-7H3,(H,30,36)/t26-/m1/s1. The van der Waals surface area contributed by atoms with Gasteiger partial charge >= 0.3 is 0 Å². The van der Waals surface area contributed by atoms with Crippen molar-refractivity contribution in [1.29, 1.82) is 0 Å². The van der Waals surface area contributed by atoms with Crippen LogP contribution in [0.2, 0.25) is 0 Å². The molecule has 0 aliphatic carbocycles. The first-order valence-electron chi connectivity index (χ1n) is 12.7. The molecule has 4 rings (SSSR count). The molecule has 0 amide bonds. The number of nitrogens with one attached hydrogen (secondary N) is 1. The van der Waals surface area contributed by atoms with Gasteiger partial charge in [-0.3, -0.25) is 9.69 Å². The van der Waals surface area contributed by atoms with E-state index in [0.29, 0.717) is 6.54 Å². The molecule has 0 spiro atoms. The first-order valence-corrected chi connectivity index (χ1v) is 12.7. The van der Waals surface area contributed by atoms with Crippen molar-refractivity contribution in [2.45, 2.75) is 73.0 Å². The summed E-state index contributed by atoms with van der Waals surface area (Å²) in [5.74, 6) is 1.06. The van der Waals surface area contributed by atoms with E-state index in [9.17, 15) is 4.79 Å². The van der Waals surface area contributed by atoms with Crippen LogP contribution < -0.4 is 5.56 Å². The molecule has 7 heteroatoms. The molecule has 1 N–H and O–H groups in total. The van der Waals surface area contributed by atoms with Gasteiger partial charge in [-0.15, -0.1) is 5.10 Å². The highest BCUT2D eigenvalue weighted by Crippen LogP contribution is 2.31. The number of fused-ring (bicyclic) bond motifs is 1. The molecular weight excluding hydrogens is 448 g/mol. The summed E-state index contributed by atoms with van der Waals surface area (Å²) in [5.41, 5.74) is 4.97. The van der Waals surface area contributed by atoms with E-state index in [-0.39, 0.29) is 23.1 Å². The Hall–Kier alpha value is -3.32. The van der Waals surface area contributed by atoms with Gasteiger partial charge in [0, 0.05) is 24.2 Å². The van der Waals surface area contributed by atoms with Gasteiger partial charge in [-0.25, -0.2) is 4.68 Å². The van der Waals surface area contributed by atoms with E-state index >= 15 is 0 Å². The van der Waals surface area contributed by atoms with E-state index in [1.54, 1.807) is 0 Å². The van der Waals surface area contributed by atoms with Crippen LogP contribution in [-0.2, 0) is 18.5 Å². The third-order valence-electron chi connectivity index (χ3n) is 6.86. The number of aromatic amines is 1. The maximum absolute atomic E-state index is 13.2. The van der Waals surface area contributed by atoms with Gasteiger partial charge in [-0.1, -0.05) is 44.2 Å². The fraction of sp³-hybridized carbons (Fsp3) is 0.448. The zero-order valence-corrected chi connectivity index (χ0v) is 22.5. The van der Waals surface area contributed by atoms with Crippen LogP contribution >= 0.6 is 0 Å². The Kier molecular flexibility index (Phi) is 7.41. The molecule has 0 saturated carbocycles. The number of nitrogens with zero attached hydrogens (tertiary/aromatic N) is 5. The van der Waals surface area contributed by atoms with Gasteiger partial charge in [0.15, 0.2) is 5.82 Å². The van der Waals surface area contributed by atoms with Crippen molar-refractivity contribution in [3.05, 3.63) is 87.0 Å². The average molecular weight is 487 g/mol. The summed E-state index contributed by atoms with van der Waals surface area (Å²) in [6, 6.07) is 16.7. The van der Waals surface area contributed by atoms with Crippen molar-refractivity contribution in [2.24, 2.45) is 5.92 Å². The quantitative estimate of drug-likeness (QED) is 0.364. The van der Waals surface area contributed by atoms with E-state index in [1.165, 1.54) is 16.7 Å². The van der Waals surface area contributed by atoms with Gasteiger partial charge in [-0.2, -0.15) is 0 Å². The minimum atomic E-state index is -0.257. The topological polar surface area (TPSA) is 79.7 Å². The predicted molar refractivity (Wildman–Crippen MR) is 145 cm³/mol. The summed E-state index contributed by atoms with van der Waals surface area (Å²) < 4.78 is 1.92. The van der Waals surface area contributed by atoms with Gasteiger partial charge < -0.3 is 4.98 Å². The number of benzene rings is 2. The number of aromatic nitrogens is 5. The van der Waals surface area contributed by atoms with Crippen molar-refractivity contribution < 1.29 is 0 Å². The Labute approximate surface area is 213 Å². The van der Waals surface area contributed by atoms with Crippen molar-refractivity contribution in [3.8, 4) is 0 Å². The maximum Gasteiger partial charge on any atom is 0.252 e. The van der Waals surface area contributed by atoms with Crippen LogP contribution in [0.1, 0.15) is 68.7 Å².